The lowest BCUT2D eigenvalue weighted by atomic mass is 9.98. The van der Waals surface area contributed by atoms with E-state index in [0.29, 0.717) is 30.5 Å². The lowest BCUT2D eigenvalue weighted by Gasteiger charge is -2.31. The highest BCUT2D eigenvalue weighted by Gasteiger charge is 2.26. The van der Waals surface area contributed by atoms with Gasteiger partial charge in [0.25, 0.3) is 0 Å². The number of aryl methyl sites for hydroxylation is 3. The minimum Gasteiger partial charge on any atom is -0.342 e. The van der Waals surface area contributed by atoms with Crippen molar-refractivity contribution in [1.29, 1.82) is 0 Å². The lowest BCUT2D eigenvalue weighted by Crippen LogP contribution is -2.39. The van der Waals surface area contributed by atoms with Gasteiger partial charge < -0.3 is 9.42 Å². The van der Waals surface area contributed by atoms with Crippen LogP contribution in [0.15, 0.2) is 10.7 Å². The third kappa shape index (κ3) is 3.96. The average Bonchev–Trinajstić information content (AvgIpc) is 3.21. The minimum atomic E-state index is 0.166. The lowest BCUT2D eigenvalue weighted by molar-refractivity contribution is -0.132. The van der Waals surface area contributed by atoms with E-state index in [4.69, 9.17) is 4.52 Å². The Morgan fingerprint density at radius 3 is 3.09 bits per heavy atom. The second-order valence-corrected chi connectivity index (χ2v) is 7.21. The van der Waals surface area contributed by atoms with Gasteiger partial charge in [-0.2, -0.15) is 4.98 Å². The summed E-state index contributed by atoms with van der Waals surface area (Å²) in [5.41, 5.74) is 0. The first kappa shape index (κ1) is 16.1. The molecule has 1 saturated heterocycles. The smallest absolute Gasteiger partial charge is 0.227 e. The highest BCUT2D eigenvalue weighted by Crippen LogP contribution is 2.30. The summed E-state index contributed by atoms with van der Waals surface area (Å²) in [5.74, 6) is 1.80. The van der Waals surface area contributed by atoms with Crippen LogP contribution < -0.4 is 0 Å². The van der Waals surface area contributed by atoms with Gasteiger partial charge in [-0.15, -0.1) is 11.3 Å². The Kier molecular flexibility index (Phi) is 5.05. The van der Waals surface area contributed by atoms with Gasteiger partial charge in [0.15, 0.2) is 5.82 Å². The first-order valence-corrected chi connectivity index (χ1v) is 8.99. The standard InChI is InChI=1S/C16H22N4O2S/c1-3-13-18-14(22-19-13)6-7-15(21)20-8-4-5-12(10-20)16-17-9-11(2)23-16/h9,12H,3-8,10H2,1-2H3/t12-/m0/s1. The predicted molar refractivity (Wildman–Crippen MR) is 87.4 cm³/mol. The van der Waals surface area contributed by atoms with Crippen molar-refractivity contribution >= 4 is 17.2 Å². The molecule has 124 valence electrons. The SMILES string of the molecule is CCc1noc(CCC(=O)N2CCC[C@H](c3ncc(C)s3)C2)n1. The van der Waals surface area contributed by atoms with Crippen LogP contribution in [0.5, 0.6) is 0 Å². The number of nitrogens with zero attached hydrogens (tertiary/aromatic N) is 4. The number of aromatic nitrogens is 3. The summed E-state index contributed by atoms with van der Waals surface area (Å²) < 4.78 is 5.15. The van der Waals surface area contributed by atoms with Gasteiger partial charge in [0.1, 0.15) is 0 Å². The molecule has 0 spiro atoms. The summed E-state index contributed by atoms with van der Waals surface area (Å²) in [7, 11) is 0. The normalized spacial score (nSPS) is 18.3. The van der Waals surface area contributed by atoms with Crippen molar-refractivity contribution in [3.63, 3.8) is 0 Å². The van der Waals surface area contributed by atoms with Crippen molar-refractivity contribution in [2.45, 2.75) is 51.9 Å². The number of hydrogen-bond acceptors (Lipinski definition) is 6. The van der Waals surface area contributed by atoms with Crippen molar-refractivity contribution in [3.8, 4) is 0 Å². The maximum absolute atomic E-state index is 12.4. The first-order valence-electron chi connectivity index (χ1n) is 8.17. The molecule has 2 aromatic rings. The Bertz CT molecular complexity index is 667. The molecular formula is C16H22N4O2S. The number of amides is 1. The zero-order valence-corrected chi connectivity index (χ0v) is 14.4. The van der Waals surface area contributed by atoms with E-state index in [1.54, 1.807) is 11.3 Å². The predicted octanol–water partition coefficient (Wildman–Crippen LogP) is 2.74. The first-order chi connectivity index (χ1) is 11.2. The molecule has 0 N–H and O–H groups in total. The molecule has 6 nitrogen and oxygen atoms in total. The molecule has 7 heteroatoms. The number of piperidine rings is 1. The maximum Gasteiger partial charge on any atom is 0.227 e. The van der Waals surface area contributed by atoms with Crippen molar-refractivity contribution in [1.82, 2.24) is 20.0 Å². The zero-order valence-electron chi connectivity index (χ0n) is 13.6. The van der Waals surface area contributed by atoms with Crippen molar-refractivity contribution in [3.05, 3.63) is 27.8 Å². The number of hydrogen-bond donors (Lipinski definition) is 0. The third-order valence-corrected chi connectivity index (χ3v) is 5.22. The largest absolute Gasteiger partial charge is 0.342 e. The van der Waals surface area contributed by atoms with Crippen LogP contribution in [0.4, 0.5) is 0 Å². The quantitative estimate of drug-likeness (QED) is 0.840. The summed E-state index contributed by atoms with van der Waals surface area (Å²) in [6.07, 6.45) is 5.76. The fourth-order valence-electron chi connectivity index (χ4n) is 2.87. The molecule has 0 radical (unpaired) electrons. The van der Waals surface area contributed by atoms with Gasteiger partial charge in [-0.3, -0.25) is 4.79 Å². The van der Waals surface area contributed by atoms with Gasteiger partial charge in [0.05, 0.1) is 5.01 Å². The van der Waals surface area contributed by atoms with Crippen molar-refractivity contribution in [2.75, 3.05) is 13.1 Å². The highest BCUT2D eigenvalue weighted by atomic mass is 32.1. The highest BCUT2D eigenvalue weighted by molar-refractivity contribution is 7.11. The molecule has 0 aliphatic carbocycles. The van der Waals surface area contributed by atoms with Gasteiger partial charge in [0.2, 0.25) is 11.8 Å². The molecule has 3 rings (SSSR count). The maximum atomic E-state index is 12.4. The van der Waals surface area contributed by atoms with E-state index in [-0.39, 0.29) is 5.91 Å². The van der Waals surface area contributed by atoms with Crippen LogP contribution in [0.25, 0.3) is 0 Å². The number of carbonyl (C=O) groups is 1. The summed E-state index contributed by atoms with van der Waals surface area (Å²) in [4.78, 5) is 24.4. The van der Waals surface area contributed by atoms with E-state index in [0.717, 1.165) is 37.4 Å². The van der Waals surface area contributed by atoms with Gasteiger partial charge in [-0.1, -0.05) is 12.1 Å². The summed E-state index contributed by atoms with van der Waals surface area (Å²) in [6, 6.07) is 0. The van der Waals surface area contributed by atoms with E-state index in [1.165, 1.54) is 4.88 Å². The van der Waals surface area contributed by atoms with Crippen LogP contribution >= 0.6 is 11.3 Å². The second-order valence-electron chi connectivity index (χ2n) is 5.95. The zero-order chi connectivity index (χ0) is 16.2. The van der Waals surface area contributed by atoms with E-state index in [1.807, 2.05) is 18.0 Å². The Labute approximate surface area is 139 Å². The molecule has 1 aliphatic heterocycles. The Morgan fingerprint density at radius 1 is 1.52 bits per heavy atom. The number of thiazole rings is 1. The molecule has 0 aromatic carbocycles. The number of rotatable bonds is 5. The van der Waals surface area contributed by atoms with E-state index in [2.05, 4.69) is 22.0 Å². The van der Waals surface area contributed by atoms with E-state index in [9.17, 15) is 4.79 Å². The summed E-state index contributed by atoms with van der Waals surface area (Å²) in [6.45, 7) is 5.66. The molecule has 1 aliphatic rings. The van der Waals surface area contributed by atoms with Crippen LogP contribution in [-0.4, -0.2) is 39.0 Å². The van der Waals surface area contributed by atoms with E-state index < -0.39 is 0 Å². The summed E-state index contributed by atoms with van der Waals surface area (Å²) in [5, 5.41) is 5.02. The number of likely N-dealkylation sites (tertiary alicyclic amines) is 1. The van der Waals surface area contributed by atoms with Gasteiger partial charge >= 0.3 is 0 Å². The molecule has 2 aromatic heterocycles. The second kappa shape index (κ2) is 7.21. The Hall–Kier alpha value is -1.76. The van der Waals surface area contributed by atoms with Crippen LogP contribution in [-0.2, 0) is 17.6 Å². The monoisotopic (exact) mass is 334 g/mol. The van der Waals surface area contributed by atoms with Gasteiger partial charge in [-0.05, 0) is 19.8 Å². The Morgan fingerprint density at radius 2 is 2.39 bits per heavy atom. The minimum absolute atomic E-state index is 0.166. The fraction of sp³-hybridized carbons (Fsp3) is 0.625. The molecule has 1 amide bonds. The van der Waals surface area contributed by atoms with Crippen molar-refractivity contribution < 1.29 is 9.32 Å². The molecule has 0 bridgehead atoms. The topological polar surface area (TPSA) is 72.1 Å². The Balaban J connectivity index is 1.54. The molecule has 1 fully saturated rings. The van der Waals surface area contributed by atoms with Crippen LogP contribution in [0, 0.1) is 6.92 Å². The molecule has 1 atom stereocenters. The molecular weight excluding hydrogens is 312 g/mol. The van der Waals surface area contributed by atoms with Crippen molar-refractivity contribution in [2.24, 2.45) is 0 Å². The summed E-state index contributed by atoms with van der Waals surface area (Å²) >= 11 is 1.74. The van der Waals surface area contributed by atoms with Crippen LogP contribution in [0.2, 0.25) is 0 Å². The molecule has 23 heavy (non-hydrogen) atoms. The van der Waals surface area contributed by atoms with Gasteiger partial charge in [-0.25, -0.2) is 4.98 Å². The van der Waals surface area contributed by atoms with Gasteiger partial charge in [0, 0.05) is 49.3 Å². The van der Waals surface area contributed by atoms with E-state index >= 15 is 0 Å². The van der Waals surface area contributed by atoms with Crippen LogP contribution in [0.1, 0.15) is 53.7 Å². The fourth-order valence-corrected chi connectivity index (χ4v) is 3.77. The third-order valence-electron chi connectivity index (χ3n) is 4.14. The van der Waals surface area contributed by atoms with Crippen LogP contribution in [0.3, 0.4) is 0 Å². The number of carbonyl (C=O) groups excluding carboxylic acids is 1. The molecule has 0 saturated carbocycles. The average molecular weight is 334 g/mol. The molecule has 3 heterocycles. The molecule has 0 unspecified atom stereocenters.